The summed E-state index contributed by atoms with van der Waals surface area (Å²) in [5, 5.41) is 0.594. The van der Waals surface area contributed by atoms with Gasteiger partial charge in [0.1, 0.15) is 0 Å². The van der Waals surface area contributed by atoms with Crippen LogP contribution in [0.15, 0.2) is 24.3 Å². The van der Waals surface area contributed by atoms with E-state index < -0.39 is 0 Å². The summed E-state index contributed by atoms with van der Waals surface area (Å²) in [6.45, 7) is 13.5. The third-order valence-corrected chi connectivity index (χ3v) is 2.73. The monoisotopic (exact) mass is 267 g/mol. The first-order valence-corrected chi connectivity index (χ1v) is 7.45. The molecular weight excluding hydrogens is 242 g/mol. The summed E-state index contributed by atoms with van der Waals surface area (Å²) in [7, 11) is 0. The van der Waals surface area contributed by atoms with E-state index in [4.69, 9.17) is 0 Å². The topological polar surface area (TPSA) is 30.0 Å². The van der Waals surface area contributed by atoms with Crippen molar-refractivity contribution in [3.63, 3.8) is 0 Å². The number of hydrogen-bond donors (Lipinski definition) is 0. The molecule has 0 saturated carbocycles. The summed E-state index contributed by atoms with van der Waals surface area (Å²) in [6, 6.07) is 7.76. The SMILES string of the molecule is CC.CC.CC.CC(=O)c1nc2ccccc2s1. The Morgan fingerprint density at radius 1 is 1.00 bits per heavy atom. The molecule has 0 aliphatic heterocycles. The lowest BCUT2D eigenvalue weighted by atomic mass is 10.3. The van der Waals surface area contributed by atoms with Gasteiger partial charge in [-0.1, -0.05) is 53.7 Å². The van der Waals surface area contributed by atoms with Crippen molar-refractivity contribution in [3.8, 4) is 0 Å². The molecule has 3 heteroatoms. The predicted molar refractivity (Wildman–Crippen MR) is 83.7 cm³/mol. The molecule has 0 aliphatic carbocycles. The fourth-order valence-corrected chi connectivity index (χ4v) is 1.88. The van der Waals surface area contributed by atoms with Crippen molar-refractivity contribution in [3.05, 3.63) is 29.3 Å². The molecule has 0 atom stereocenters. The summed E-state index contributed by atoms with van der Waals surface area (Å²) < 4.78 is 1.07. The highest BCUT2D eigenvalue weighted by molar-refractivity contribution is 7.20. The van der Waals surface area contributed by atoms with Crippen LogP contribution in [-0.2, 0) is 0 Å². The number of benzene rings is 1. The summed E-state index contributed by atoms with van der Waals surface area (Å²) in [4.78, 5) is 15.1. The van der Waals surface area contributed by atoms with Crippen LogP contribution < -0.4 is 0 Å². The van der Waals surface area contributed by atoms with E-state index in [2.05, 4.69) is 4.98 Å². The second-order valence-electron chi connectivity index (χ2n) is 2.54. The van der Waals surface area contributed by atoms with Crippen molar-refractivity contribution in [2.24, 2.45) is 0 Å². The molecule has 0 fully saturated rings. The molecular formula is C15H25NOS. The first kappa shape index (κ1) is 19.1. The van der Waals surface area contributed by atoms with Crippen molar-refractivity contribution in [1.82, 2.24) is 4.98 Å². The van der Waals surface area contributed by atoms with E-state index in [9.17, 15) is 4.79 Å². The maximum Gasteiger partial charge on any atom is 0.188 e. The molecule has 2 aromatic rings. The lowest BCUT2D eigenvalue weighted by Crippen LogP contribution is -1.87. The van der Waals surface area contributed by atoms with Crippen LogP contribution in [0.5, 0.6) is 0 Å². The number of carbonyl (C=O) groups is 1. The summed E-state index contributed by atoms with van der Waals surface area (Å²) in [5.74, 6) is 0.0381. The Morgan fingerprint density at radius 3 is 1.94 bits per heavy atom. The normalized spacial score (nSPS) is 7.94. The second-order valence-corrected chi connectivity index (χ2v) is 3.57. The van der Waals surface area contributed by atoms with Crippen molar-refractivity contribution in [2.75, 3.05) is 0 Å². The molecule has 18 heavy (non-hydrogen) atoms. The number of thiazole rings is 1. The Balaban J connectivity index is 0. The number of hydrogen-bond acceptors (Lipinski definition) is 3. The van der Waals surface area contributed by atoms with Gasteiger partial charge in [-0.15, -0.1) is 11.3 Å². The molecule has 0 amide bonds. The van der Waals surface area contributed by atoms with Crippen LogP contribution in [0.25, 0.3) is 10.2 Å². The third-order valence-electron chi connectivity index (χ3n) is 1.60. The highest BCUT2D eigenvalue weighted by Crippen LogP contribution is 2.21. The Hall–Kier alpha value is -1.22. The van der Waals surface area contributed by atoms with Gasteiger partial charge in [-0.2, -0.15) is 0 Å². The van der Waals surface area contributed by atoms with Gasteiger partial charge >= 0.3 is 0 Å². The zero-order chi connectivity index (χ0) is 14.6. The number of para-hydroxylation sites is 1. The van der Waals surface area contributed by atoms with Gasteiger partial charge in [0.05, 0.1) is 10.2 Å². The molecule has 2 rings (SSSR count). The molecule has 2 nitrogen and oxygen atoms in total. The van der Waals surface area contributed by atoms with Gasteiger partial charge < -0.3 is 0 Å². The van der Waals surface area contributed by atoms with Crippen molar-refractivity contribution < 1.29 is 4.79 Å². The molecule has 0 bridgehead atoms. The Labute approximate surface area is 115 Å². The van der Waals surface area contributed by atoms with Gasteiger partial charge in [0.2, 0.25) is 0 Å². The first-order valence-electron chi connectivity index (χ1n) is 6.64. The number of rotatable bonds is 1. The molecule has 0 saturated heterocycles. The van der Waals surface area contributed by atoms with Crippen LogP contribution >= 0.6 is 11.3 Å². The summed E-state index contributed by atoms with van der Waals surface area (Å²) >= 11 is 1.44. The van der Waals surface area contributed by atoms with E-state index in [1.807, 2.05) is 65.8 Å². The smallest absolute Gasteiger partial charge is 0.188 e. The Kier molecular flexibility index (Phi) is 13.0. The molecule has 0 unspecified atom stereocenters. The zero-order valence-electron chi connectivity index (χ0n) is 12.6. The highest BCUT2D eigenvalue weighted by Gasteiger charge is 2.05. The molecule has 0 spiro atoms. The fraction of sp³-hybridized carbons (Fsp3) is 0.467. The molecule has 1 heterocycles. The van der Waals surface area contributed by atoms with Gasteiger partial charge in [0, 0.05) is 6.92 Å². The van der Waals surface area contributed by atoms with Gasteiger partial charge in [0.15, 0.2) is 10.8 Å². The quantitative estimate of drug-likeness (QED) is 0.631. The lowest BCUT2D eigenvalue weighted by molar-refractivity contribution is 0.101. The average molecular weight is 267 g/mol. The molecule has 1 aromatic carbocycles. The van der Waals surface area contributed by atoms with Crippen LogP contribution in [0.4, 0.5) is 0 Å². The highest BCUT2D eigenvalue weighted by atomic mass is 32.1. The largest absolute Gasteiger partial charge is 0.292 e. The van der Waals surface area contributed by atoms with Crippen molar-refractivity contribution >= 4 is 27.3 Å². The van der Waals surface area contributed by atoms with E-state index in [-0.39, 0.29) is 5.78 Å². The van der Waals surface area contributed by atoms with Crippen LogP contribution in [0.1, 0.15) is 58.3 Å². The molecule has 0 N–H and O–H groups in total. The minimum Gasteiger partial charge on any atom is -0.292 e. The number of Topliss-reactive ketones (excluding diaryl/α,β-unsaturated/α-hetero) is 1. The number of carbonyl (C=O) groups excluding carboxylic acids is 1. The number of fused-ring (bicyclic) bond motifs is 1. The number of ketones is 1. The van der Waals surface area contributed by atoms with Crippen LogP contribution in [0.2, 0.25) is 0 Å². The summed E-state index contributed by atoms with van der Waals surface area (Å²) in [6.07, 6.45) is 0. The zero-order valence-corrected chi connectivity index (χ0v) is 13.4. The van der Waals surface area contributed by atoms with E-state index in [0.29, 0.717) is 5.01 Å². The number of aromatic nitrogens is 1. The Bertz CT molecular complexity index is 402. The average Bonchev–Trinajstić information content (AvgIpc) is 2.90. The summed E-state index contributed by atoms with van der Waals surface area (Å²) in [5.41, 5.74) is 0.910. The minimum atomic E-state index is 0.0381. The molecule has 102 valence electrons. The van der Waals surface area contributed by atoms with E-state index in [0.717, 1.165) is 10.2 Å². The Morgan fingerprint density at radius 2 is 1.50 bits per heavy atom. The maximum absolute atomic E-state index is 11.0. The standard InChI is InChI=1S/C9H7NOS.3C2H6/c1-6(11)9-10-7-4-2-3-5-8(7)12-9;3*1-2/h2-5H,1H3;3*1-2H3. The maximum atomic E-state index is 11.0. The van der Waals surface area contributed by atoms with Crippen LogP contribution in [-0.4, -0.2) is 10.8 Å². The van der Waals surface area contributed by atoms with E-state index in [1.165, 1.54) is 18.3 Å². The van der Waals surface area contributed by atoms with Crippen LogP contribution in [0.3, 0.4) is 0 Å². The van der Waals surface area contributed by atoms with Crippen LogP contribution in [0, 0.1) is 0 Å². The van der Waals surface area contributed by atoms with Crippen molar-refractivity contribution in [1.29, 1.82) is 0 Å². The first-order chi connectivity index (χ1) is 8.77. The predicted octanol–water partition coefficient (Wildman–Crippen LogP) is 5.58. The third kappa shape index (κ3) is 5.92. The van der Waals surface area contributed by atoms with Gasteiger partial charge in [-0.3, -0.25) is 4.79 Å². The van der Waals surface area contributed by atoms with E-state index >= 15 is 0 Å². The molecule has 0 radical (unpaired) electrons. The minimum absolute atomic E-state index is 0.0381. The van der Waals surface area contributed by atoms with Crippen molar-refractivity contribution in [2.45, 2.75) is 48.5 Å². The van der Waals surface area contributed by atoms with Gasteiger partial charge in [-0.05, 0) is 12.1 Å². The fourth-order valence-electron chi connectivity index (χ4n) is 1.02. The molecule has 0 aliphatic rings. The number of nitrogens with zero attached hydrogens (tertiary/aromatic N) is 1. The van der Waals surface area contributed by atoms with Gasteiger partial charge in [0.25, 0.3) is 0 Å². The van der Waals surface area contributed by atoms with Gasteiger partial charge in [-0.25, -0.2) is 4.98 Å². The van der Waals surface area contributed by atoms with E-state index in [1.54, 1.807) is 0 Å². The lowest BCUT2D eigenvalue weighted by Gasteiger charge is -1.80. The molecule has 1 aromatic heterocycles. The second kappa shape index (κ2) is 12.2.